The van der Waals surface area contributed by atoms with E-state index in [-0.39, 0.29) is 0 Å². The lowest BCUT2D eigenvalue weighted by atomic mass is 10.1. The maximum absolute atomic E-state index is 11.8. The molecule has 72 valence electrons. The van der Waals surface area contributed by atoms with Crippen LogP contribution < -0.4 is 0 Å². The zero-order chi connectivity index (χ0) is 10.1. The molecule has 0 aliphatic carbocycles. The summed E-state index contributed by atoms with van der Waals surface area (Å²) in [6, 6.07) is 9.12. The van der Waals surface area contributed by atoms with Gasteiger partial charge in [-0.3, -0.25) is 0 Å². The summed E-state index contributed by atoms with van der Waals surface area (Å²) in [6.07, 6.45) is 0. The van der Waals surface area contributed by atoms with Crippen LogP contribution in [0.25, 0.3) is 0 Å². The summed E-state index contributed by atoms with van der Waals surface area (Å²) in [7, 11) is -2.53. The third kappa shape index (κ3) is 2.01. The maximum Gasteiger partial charge on any atom is 0.139 e. The van der Waals surface area contributed by atoms with E-state index in [4.69, 9.17) is 0 Å². The zero-order valence-electron chi connectivity index (χ0n) is 8.19. The molecule has 0 saturated heterocycles. The Morgan fingerprint density at radius 3 is 2.08 bits per heavy atom. The zero-order valence-corrected chi connectivity index (χ0v) is 9.08. The van der Waals surface area contributed by atoms with Gasteiger partial charge in [-0.05, 0) is 25.8 Å². The highest BCUT2D eigenvalue weighted by molar-refractivity contribution is 7.63. The fourth-order valence-electron chi connectivity index (χ4n) is 1.06. The van der Waals surface area contributed by atoms with Crippen LogP contribution in [-0.4, -0.2) is 18.4 Å². The Balaban J connectivity index is 3.16. The lowest BCUT2D eigenvalue weighted by Crippen LogP contribution is -2.20. The minimum absolute atomic E-state index is 0.711. The standard InChI is InChI=1S/C10H15O2P/c1-10(11,13(2,3)12)9-7-5-4-6-8-9/h4-8,11H,1-3H3. The molecule has 3 heteroatoms. The molecule has 0 bridgehead atoms. The highest BCUT2D eigenvalue weighted by Crippen LogP contribution is 2.55. The molecular weight excluding hydrogens is 183 g/mol. The predicted molar refractivity (Wildman–Crippen MR) is 55.5 cm³/mol. The molecule has 0 fully saturated rings. The molecule has 0 aliphatic heterocycles. The first kappa shape index (κ1) is 10.5. The fourth-order valence-corrected chi connectivity index (χ4v) is 1.84. The third-order valence-electron chi connectivity index (χ3n) is 2.37. The summed E-state index contributed by atoms with van der Waals surface area (Å²) in [6.45, 7) is 4.79. The molecule has 1 aromatic rings. The van der Waals surface area contributed by atoms with Crippen LogP contribution in [0.1, 0.15) is 12.5 Å². The average Bonchev–Trinajstić information content (AvgIpc) is 2.04. The van der Waals surface area contributed by atoms with Crippen LogP contribution in [0.3, 0.4) is 0 Å². The molecule has 0 spiro atoms. The molecule has 0 radical (unpaired) electrons. The van der Waals surface area contributed by atoms with Crippen LogP contribution in [0.4, 0.5) is 0 Å². The van der Waals surface area contributed by atoms with Crippen molar-refractivity contribution in [3.8, 4) is 0 Å². The Morgan fingerprint density at radius 2 is 1.69 bits per heavy atom. The Bertz CT molecular complexity index is 324. The second kappa shape index (κ2) is 3.28. The van der Waals surface area contributed by atoms with Gasteiger partial charge in [0.25, 0.3) is 0 Å². The molecule has 1 N–H and O–H groups in total. The van der Waals surface area contributed by atoms with Gasteiger partial charge in [-0.25, -0.2) is 0 Å². The normalized spacial score (nSPS) is 16.6. The number of hydrogen-bond donors (Lipinski definition) is 1. The van der Waals surface area contributed by atoms with Crippen molar-refractivity contribution in [3.05, 3.63) is 35.9 Å². The van der Waals surface area contributed by atoms with Crippen molar-refractivity contribution in [1.29, 1.82) is 0 Å². The second-order valence-electron chi connectivity index (χ2n) is 3.74. The maximum atomic E-state index is 11.8. The number of rotatable bonds is 2. The first-order valence-electron chi connectivity index (χ1n) is 4.18. The topological polar surface area (TPSA) is 37.3 Å². The summed E-state index contributed by atoms with van der Waals surface area (Å²) >= 11 is 0. The van der Waals surface area contributed by atoms with Crippen molar-refractivity contribution in [2.24, 2.45) is 0 Å². The molecule has 1 unspecified atom stereocenters. The molecule has 1 aromatic carbocycles. The van der Waals surface area contributed by atoms with E-state index >= 15 is 0 Å². The van der Waals surface area contributed by atoms with Gasteiger partial charge in [0.15, 0.2) is 0 Å². The number of aliphatic hydroxyl groups is 1. The molecule has 1 atom stereocenters. The number of benzene rings is 1. The predicted octanol–water partition coefficient (Wildman–Crippen LogP) is 2.47. The van der Waals surface area contributed by atoms with E-state index in [1.807, 2.05) is 18.2 Å². The summed E-state index contributed by atoms with van der Waals surface area (Å²) in [5, 5.41) is 8.85. The molecule has 0 aromatic heterocycles. The van der Waals surface area contributed by atoms with Gasteiger partial charge in [0.2, 0.25) is 0 Å². The monoisotopic (exact) mass is 198 g/mol. The van der Waals surface area contributed by atoms with Gasteiger partial charge in [0.05, 0.1) is 0 Å². The first-order valence-corrected chi connectivity index (χ1v) is 6.79. The van der Waals surface area contributed by atoms with Crippen molar-refractivity contribution in [2.45, 2.75) is 12.3 Å². The van der Waals surface area contributed by atoms with Crippen molar-refractivity contribution < 1.29 is 9.67 Å². The molecule has 0 amide bonds. The minimum Gasteiger partial charge on any atom is -0.378 e. The summed E-state index contributed by atoms with van der Waals surface area (Å²) in [4.78, 5) is 0. The fraction of sp³-hybridized carbons (Fsp3) is 0.400. The van der Waals surface area contributed by atoms with Gasteiger partial charge in [0.1, 0.15) is 12.5 Å². The van der Waals surface area contributed by atoms with Gasteiger partial charge in [-0.1, -0.05) is 30.3 Å². The molecule has 0 saturated carbocycles. The quantitative estimate of drug-likeness (QED) is 0.741. The van der Waals surface area contributed by atoms with Crippen molar-refractivity contribution >= 4 is 7.14 Å². The van der Waals surface area contributed by atoms with Crippen LogP contribution in [-0.2, 0) is 9.91 Å². The van der Waals surface area contributed by atoms with Crippen molar-refractivity contribution in [2.75, 3.05) is 13.3 Å². The smallest absolute Gasteiger partial charge is 0.139 e. The highest BCUT2D eigenvalue weighted by atomic mass is 31.2. The largest absolute Gasteiger partial charge is 0.378 e. The van der Waals surface area contributed by atoms with E-state index in [1.165, 1.54) is 0 Å². The van der Waals surface area contributed by atoms with Gasteiger partial charge in [0, 0.05) is 0 Å². The van der Waals surface area contributed by atoms with Crippen LogP contribution >= 0.6 is 7.14 Å². The van der Waals surface area contributed by atoms with E-state index in [1.54, 1.807) is 32.4 Å². The van der Waals surface area contributed by atoms with Crippen molar-refractivity contribution in [1.82, 2.24) is 0 Å². The third-order valence-corrected chi connectivity index (χ3v) is 4.72. The van der Waals surface area contributed by atoms with Crippen LogP contribution in [0.2, 0.25) is 0 Å². The molecule has 13 heavy (non-hydrogen) atoms. The average molecular weight is 198 g/mol. The summed E-state index contributed by atoms with van der Waals surface area (Å²) in [5.41, 5.74) is 0.711. The Kier molecular flexibility index (Phi) is 2.65. The molecule has 2 nitrogen and oxygen atoms in total. The van der Waals surface area contributed by atoms with E-state index in [9.17, 15) is 9.67 Å². The second-order valence-corrected chi connectivity index (χ2v) is 7.31. The van der Waals surface area contributed by atoms with Crippen LogP contribution in [0.15, 0.2) is 30.3 Å². The first-order chi connectivity index (χ1) is 5.86. The van der Waals surface area contributed by atoms with Crippen LogP contribution in [0, 0.1) is 0 Å². The van der Waals surface area contributed by atoms with Crippen LogP contribution in [0.5, 0.6) is 0 Å². The molecule has 0 aliphatic rings. The Morgan fingerprint density at radius 1 is 1.23 bits per heavy atom. The van der Waals surface area contributed by atoms with E-state index in [0.717, 1.165) is 0 Å². The van der Waals surface area contributed by atoms with Crippen molar-refractivity contribution in [3.63, 3.8) is 0 Å². The van der Waals surface area contributed by atoms with E-state index < -0.39 is 12.5 Å². The lowest BCUT2D eigenvalue weighted by molar-refractivity contribution is 0.144. The summed E-state index contributed by atoms with van der Waals surface area (Å²) < 4.78 is 11.8. The Labute approximate surface area is 79.0 Å². The highest BCUT2D eigenvalue weighted by Gasteiger charge is 2.35. The van der Waals surface area contributed by atoms with Gasteiger partial charge in [-0.15, -0.1) is 0 Å². The molecule has 0 heterocycles. The van der Waals surface area contributed by atoms with Gasteiger partial charge in [-0.2, -0.15) is 0 Å². The van der Waals surface area contributed by atoms with E-state index in [2.05, 4.69) is 0 Å². The molecular formula is C10H15O2P. The number of hydrogen-bond acceptors (Lipinski definition) is 2. The van der Waals surface area contributed by atoms with Gasteiger partial charge < -0.3 is 9.67 Å². The van der Waals surface area contributed by atoms with Gasteiger partial charge >= 0.3 is 0 Å². The summed E-state index contributed by atoms with van der Waals surface area (Å²) in [5.74, 6) is 0. The Hall–Kier alpha value is -0.590. The molecule has 1 rings (SSSR count). The minimum atomic E-state index is -2.53. The lowest BCUT2D eigenvalue weighted by Gasteiger charge is -2.28. The SMILES string of the molecule is CC(O)(c1ccccc1)P(C)(C)=O. The van der Waals surface area contributed by atoms with E-state index in [0.29, 0.717) is 5.56 Å².